The molecule has 2 aliphatic rings. The molecular weight excluding hydrogens is 396 g/mol. The van der Waals surface area contributed by atoms with Crippen molar-refractivity contribution in [2.24, 2.45) is 0 Å². The van der Waals surface area contributed by atoms with Crippen LogP contribution in [0.25, 0.3) is 11.0 Å². The van der Waals surface area contributed by atoms with Gasteiger partial charge in [-0.2, -0.15) is 0 Å². The third kappa shape index (κ3) is 3.56. The zero-order valence-corrected chi connectivity index (χ0v) is 17.4. The van der Waals surface area contributed by atoms with Crippen LogP contribution in [0.2, 0.25) is 0 Å². The highest BCUT2D eigenvalue weighted by Gasteiger charge is 2.44. The highest BCUT2D eigenvalue weighted by molar-refractivity contribution is 5.85. The fraction of sp³-hybridized carbons (Fsp3) is 0.360. The van der Waals surface area contributed by atoms with Gasteiger partial charge >= 0.3 is 11.6 Å². The second kappa shape index (κ2) is 7.76. The number of carbonyl (C=O) groups excluding carboxylic acids is 1. The van der Waals surface area contributed by atoms with E-state index in [1.807, 2.05) is 43.3 Å². The zero-order valence-electron chi connectivity index (χ0n) is 17.4. The first-order valence-corrected chi connectivity index (χ1v) is 10.7. The molecule has 0 bridgehead atoms. The molecule has 0 spiro atoms. The fourth-order valence-corrected chi connectivity index (χ4v) is 4.67. The van der Waals surface area contributed by atoms with E-state index in [9.17, 15) is 9.59 Å². The van der Waals surface area contributed by atoms with Crippen LogP contribution in [-0.2, 0) is 21.6 Å². The molecule has 1 aliphatic carbocycles. The highest BCUT2D eigenvalue weighted by atomic mass is 16.6. The van der Waals surface area contributed by atoms with Crippen molar-refractivity contribution in [1.82, 2.24) is 0 Å². The summed E-state index contributed by atoms with van der Waals surface area (Å²) in [5.41, 5.74) is 1.88. The molecule has 0 amide bonds. The normalized spacial score (nSPS) is 16.9. The van der Waals surface area contributed by atoms with E-state index in [0.717, 1.165) is 42.2 Å². The van der Waals surface area contributed by atoms with Crippen LogP contribution in [0.15, 0.2) is 51.7 Å². The summed E-state index contributed by atoms with van der Waals surface area (Å²) >= 11 is 0. The lowest BCUT2D eigenvalue weighted by molar-refractivity contribution is -0.152. The maximum atomic E-state index is 13.4. The van der Waals surface area contributed by atoms with Crippen LogP contribution in [-0.4, -0.2) is 19.2 Å². The van der Waals surface area contributed by atoms with Crippen molar-refractivity contribution in [2.75, 3.05) is 13.2 Å². The van der Waals surface area contributed by atoms with Gasteiger partial charge in [-0.1, -0.05) is 31.0 Å². The summed E-state index contributed by atoms with van der Waals surface area (Å²) in [6, 6.07) is 12.8. The average Bonchev–Trinajstić information content (AvgIpc) is 3.28. The van der Waals surface area contributed by atoms with Crippen LogP contribution in [0.5, 0.6) is 11.5 Å². The van der Waals surface area contributed by atoms with E-state index in [0.29, 0.717) is 35.9 Å². The molecule has 2 heterocycles. The molecule has 0 atom stereocenters. The van der Waals surface area contributed by atoms with E-state index >= 15 is 0 Å². The van der Waals surface area contributed by atoms with Crippen molar-refractivity contribution in [3.8, 4) is 11.5 Å². The standard InChI is InChI=1S/C25H24O6/c1-16-4-6-19-17(13-23(26)31-21(19)12-16)15-30-24(27)25(8-2-3-9-25)18-5-7-20-22(14-18)29-11-10-28-20/h4-7,12-14H,2-3,8-11,15H2,1H3. The summed E-state index contributed by atoms with van der Waals surface area (Å²) in [6.07, 6.45) is 3.37. The van der Waals surface area contributed by atoms with Crippen LogP contribution in [0.3, 0.4) is 0 Å². The zero-order chi connectivity index (χ0) is 21.4. The number of esters is 1. The minimum Gasteiger partial charge on any atom is -0.486 e. The maximum absolute atomic E-state index is 13.4. The summed E-state index contributed by atoms with van der Waals surface area (Å²) < 4.78 is 22.5. The van der Waals surface area contributed by atoms with Gasteiger partial charge in [-0.25, -0.2) is 4.79 Å². The smallest absolute Gasteiger partial charge is 0.336 e. The lowest BCUT2D eigenvalue weighted by atomic mass is 9.78. The van der Waals surface area contributed by atoms with Crippen molar-refractivity contribution in [3.63, 3.8) is 0 Å². The molecule has 0 saturated heterocycles. The Morgan fingerprint density at radius 2 is 1.77 bits per heavy atom. The van der Waals surface area contributed by atoms with Crippen molar-refractivity contribution in [3.05, 3.63) is 69.6 Å². The number of hydrogen-bond acceptors (Lipinski definition) is 6. The van der Waals surface area contributed by atoms with Crippen molar-refractivity contribution in [1.29, 1.82) is 0 Å². The van der Waals surface area contributed by atoms with Gasteiger partial charge in [0, 0.05) is 17.0 Å². The van der Waals surface area contributed by atoms with Crippen LogP contribution in [0, 0.1) is 6.92 Å². The third-order valence-electron chi connectivity index (χ3n) is 6.29. The van der Waals surface area contributed by atoms with E-state index in [2.05, 4.69) is 0 Å². The molecule has 0 radical (unpaired) electrons. The molecule has 6 heteroatoms. The number of fused-ring (bicyclic) bond motifs is 2. The van der Waals surface area contributed by atoms with Gasteiger partial charge in [0.2, 0.25) is 0 Å². The summed E-state index contributed by atoms with van der Waals surface area (Å²) in [7, 11) is 0. The van der Waals surface area contributed by atoms with E-state index in [1.165, 1.54) is 6.07 Å². The lowest BCUT2D eigenvalue weighted by Crippen LogP contribution is -2.35. The van der Waals surface area contributed by atoms with Gasteiger partial charge in [0.25, 0.3) is 0 Å². The van der Waals surface area contributed by atoms with E-state index < -0.39 is 11.0 Å². The quantitative estimate of drug-likeness (QED) is 0.459. The highest BCUT2D eigenvalue weighted by Crippen LogP contribution is 2.45. The number of carbonyl (C=O) groups is 1. The molecule has 2 aromatic carbocycles. The van der Waals surface area contributed by atoms with Crippen LogP contribution >= 0.6 is 0 Å². The molecule has 1 aliphatic heterocycles. The summed E-state index contributed by atoms with van der Waals surface area (Å²) in [4.78, 5) is 25.4. The van der Waals surface area contributed by atoms with Crippen LogP contribution < -0.4 is 15.1 Å². The summed E-state index contributed by atoms with van der Waals surface area (Å²) in [6.45, 7) is 2.98. The second-order valence-corrected chi connectivity index (χ2v) is 8.31. The topological polar surface area (TPSA) is 75.0 Å². The Kier molecular flexibility index (Phi) is 4.93. The monoisotopic (exact) mass is 420 g/mol. The molecular formula is C25H24O6. The molecule has 6 nitrogen and oxygen atoms in total. The van der Waals surface area contributed by atoms with E-state index in [4.69, 9.17) is 18.6 Å². The molecule has 160 valence electrons. The van der Waals surface area contributed by atoms with E-state index in [-0.39, 0.29) is 12.6 Å². The minimum atomic E-state index is -0.707. The Labute approximate surface area is 179 Å². The Morgan fingerprint density at radius 3 is 2.58 bits per heavy atom. The molecule has 1 saturated carbocycles. The van der Waals surface area contributed by atoms with Gasteiger partial charge in [0.05, 0.1) is 5.41 Å². The Balaban J connectivity index is 1.44. The van der Waals surface area contributed by atoms with Crippen molar-refractivity contribution >= 4 is 16.9 Å². The van der Waals surface area contributed by atoms with Gasteiger partial charge in [-0.3, -0.25) is 4.79 Å². The number of aryl methyl sites for hydroxylation is 1. The first-order valence-electron chi connectivity index (χ1n) is 10.7. The largest absolute Gasteiger partial charge is 0.486 e. The predicted octanol–water partition coefficient (Wildman–Crippen LogP) is 4.43. The van der Waals surface area contributed by atoms with Crippen LogP contribution in [0.4, 0.5) is 0 Å². The predicted molar refractivity (Wildman–Crippen MR) is 115 cm³/mol. The van der Waals surface area contributed by atoms with Crippen molar-refractivity contribution in [2.45, 2.75) is 44.6 Å². The summed E-state index contributed by atoms with van der Waals surface area (Å²) in [5, 5.41) is 0.776. The molecule has 1 fully saturated rings. The SMILES string of the molecule is Cc1ccc2c(COC(=O)C3(c4ccc5c(c4)OCCO5)CCCC3)cc(=O)oc2c1. The molecule has 31 heavy (non-hydrogen) atoms. The number of benzene rings is 2. The van der Waals surface area contributed by atoms with E-state index in [1.54, 1.807) is 0 Å². The Bertz CT molecular complexity index is 1200. The molecule has 5 rings (SSSR count). The van der Waals surface area contributed by atoms with Gasteiger partial charge in [-0.05, 0) is 49.1 Å². The first-order chi connectivity index (χ1) is 15.0. The van der Waals surface area contributed by atoms with Gasteiger partial charge in [0.1, 0.15) is 25.4 Å². The molecule has 3 aromatic rings. The minimum absolute atomic E-state index is 0.0241. The third-order valence-corrected chi connectivity index (χ3v) is 6.29. The average molecular weight is 420 g/mol. The fourth-order valence-electron chi connectivity index (χ4n) is 4.67. The Morgan fingerprint density at radius 1 is 1.00 bits per heavy atom. The molecule has 0 N–H and O–H groups in total. The summed E-state index contributed by atoms with van der Waals surface area (Å²) in [5.74, 6) is 1.11. The number of rotatable bonds is 4. The number of hydrogen-bond donors (Lipinski definition) is 0. The van der Waals surface area contributed by atoms with Gasteiger partial charge < -0.3 is 18.6 Å². The lowest BCUT2D eigenvalue weighted by Gasteiger charge is -2.29. The van der Waals surface area contributed by atoms with Crippen molar-refractivity contribution < 1.29 is 23.4 Å². The second-order valence-electron chi connectivity index (χ2n) is 8.31. The Hall–Kier alpha value is -3.28. The number of ether oxygens (including phenoxy) is 3. The first kappa shape index (κ1) is 19.7. The maximum Gasteiger partial charge on any atom is 0.336 e. The van der Waals surface area contributed by atoms with Crippen LogP contribution in [0.1, 0.15) is 42.4 Å². The van der Waals surface area contributed by atoms with Gasteiger partial charge in [0.15, 0.2) is 11.5 Å². The van der Waals surface area contributed by atoms with Gasteiger partial charge in [-0.15, -0.1) is 0 Å². The molecule has 1 aromatic heterocycles. The molecule has 0 unspecified atom stereocenters.